The molecular formula is C12H21N3O2. The highest BCUT2D eigenvalue weighted by Gasteiger charge is 2.16. The fourth-order valence-corrected chi connectivity index (χ4v) is 1.68. The van der Waals surface area contributed by atoms with Crippen LogP contribution in [-0.4, -0.2) is 17.1 Å². The predicted molar refractivity (Wildman–Crippen MR) is 65.3 cm³/mol. The fourth-order valence-electron chi connectivity index (χ4n) is 1.68. The second-order valence-corrected chi connectivity index (χ2v) is 4.76. The van der Waals surface area contributed by atoms with E-state index in [0.29, 0.717) is 18.9 Å². The van der Waals surface area contributed by atoms with Gasteiger partial charge in [-0.15, -0.1) is 0 Å². The number of aryl methyl sites for hydroxylation is 2. The number of nitrogens with zero attached hydrogens (tertiary/aromatic N) is 1. The predicted octanol–water partition coefficient (Wildman–Crippen LogP) is 1.28. The molecule has 5 heteroatoms. The van der Waals surface area contributed by atoms with Crippen molar-refractivity contribution in [3.63, 3.8) is 0 Å². The number of hydrogen-bond donors (Lipinski definition) is 2. The molecule has 0 spiro atoms. The Hall–Kier alpha value is -1.36. The number of amides is 1. The maximum Gasteiger partial charge on any atom is 0.237 e. The summed E-state index contributed by atoms with van der Waals surface area (Å²) in [5.41, 5.74) is 7.51. The molecule has 1 atom stereocenters. The smallest absolute Gasteiger partial charge is 0.237 e. The molecule has 96 valence electrons. The van der Waals surface area contributed by atoms with Gasteiger partial charge in [0, 0.05) is 12.1 Å². The molecule has 0 saturated carbocycles. The van der Waals surface area contributed by atoms with Crippen molar-refractivity contribution in [1.29, 1.82) is 0 Å². The lowest BCUT2D eigenvalue weighted by molar-refractivity contribution is -0.122. The monoisotopic (exact) mass is 239 g/mol. The van der Waals surface area contributed by atoms with E-state index in [9.17, 15) is 4.79 Å². The average Bonchev–Trinajstić information content (AvgIpc) is 2.54. The van der Waals surface area contributed by atoms with E-state index in [4.69, 9.17) is 10.3 Å². The number of rotatable bonds is 5. The first-order chi connectivity index (χ1) is 7.91. The van der Waals surface area contributed by atoms with Crippen LogP contribution >= 0.6 is 0 Å². The molecule has 0 unspecified atom stereocenters. The Morgan fingerprint density at radius 1 is 1.47 bits per heavy atom. The molecule has 0 saturated heterocycles. The summed E-state index contributed by atoms with van der Waals surface area (Å²) in [7, 11) is 0. The van der Waals surface area contributed by atoms with Crippen LogP contribution in [0, 0.1) is 19.8 Å². The van der Waals surface area contributed by atoms with Crippen molar-refractivity contribution in [3.05, 3.63) is 17.0 Å². The maximum atomic E-state index is 11.7. The number of hydrogen-bond acceptors (Lipinski definition) is 4. The van der Waals surface area contributed by atoms with Crippen LogP contribution in [0.3, 0.4) is 0 Å². The number of aromatic nitrogens is 1. The summed E-state index contributed by atoms with van der Waals surface area (Å²) in [6, 6.07) is -0.449. The quantitative estimate of drug-likeness (QED) is 0.811. The van der Waals surface area contributed by atoms with Gasteiger partial charge in [-0.1, -0.05) is 19.0 Å². The van der Waals surface area contributed by atoms with Gasteiger partial charge in [0.1, 0.15) is 5.76 Å². The Labute approximate surface area is 102 Å². The molecular weight excluding hydrogens is 218 g/mol. The third-order valence-corrected chi connectivity index (χ3v) is 2.68. The van der Waals surface area contributed by atoms with Crippen molar-refractivity contribution in [2.75, 3.05) is 0 Å². The van der Waals surface area contributed by atoms with E-state index in [1.807, 2.05) is 27.7 Å². The first-order valence-electron chi connectivity index (χ1n) is 5.86. The van der Waals surface area contributed by atoms with E-state index in [1.54, 1.807) is 0 Å². The number of nitrogens with one attached hydrogen (secondary N) is 1. The zero-order valence-corrected chi connectivity index (χ0v) is 10.9. The molecule has 0 aliphatic rings. The van der Waals surface area contributed by atoms with Crippen molar-refractivity contribution in [2.45, 2.75) is 46.7 Å². The van der Waals surface area contributed by atoms with Gasteiger partial charge in [-0.2, -0.15) is 0 Å². The van der Waals surface area contributed by atoms with Gasteiger partial charge in [0.25, 0.3) is 0 Å². The van der Waals surface area contributed by atoms with E-state index < -0.39 is 6.04 Å². The van der Waals surface area contributed by atoms with Crippen LogP contribution in [0.15, 0.2) is 4.52 Å². The lowest BCUT2D eigenvalue weighted by atomic mass is 10.0. The van der Waals surface area contributed by atoms with Crippen LogP contribution in [0.5, 0.6) is 0 Å². The summed E-state index contributed by atoms with van der Waals surface area (Å²) in [4.78, 5) is 11.7. The van der Waals surface area contributed by atoms with Gasteiger partial charge in [-0.25, -0.2) is 0 Å². The van der Waals surface area contributed by atoms with Gasteiger partial charge in [0.2, 0.25) is 5.91 Å². The molecule has 0 aliphatic heterocycles. The normalized spacial score (nSPS) is 12.8. The Morgan fingerprint density at radius 2 is 2.12 bits per heavy atom. The van der Waals surface area contributed by atoms with Crippen LogP contribution < -0.4 is 11.1 Å². The highest BCUT2D eigenvalue weighted by atomic mass is 16.5. The van der Waals surface area contributed by atoms with Gasteiger partial charge in [-0.3, -0.25) is 4.79 Å². The minimum Gasteiger partial charge on any atom is -0.361 e. The van der Waals surface area contributed by atoms with Gasteiger partial charge < -0.3 is 15.6 Å². The van der Waals surface area contributed by atoms with E-state index in [2.05, 4.69) is 10.5 Å². The lowest BCUT2D eigenvalue weighted by Gasteiger charge is -2.13. The number of carbonyl (C=O) groups excluding carboxylic acids is 1. The average molecular weight is 239 g/mol. The lowest BCUT2D eigenvalue weighted by Crippen LogP contribution is -2.41. The van der Waals surface area contributed by atoms with Crippen LogP contribution in [0.4, 0.5) is 0 Å². The molecule has 0 aliphatic carbocycles. The van der Waals surface area contributed by atoms with Crippen molar-refractivity contribution in [2.24, 2.45) is 11.7 Å². The van der Waals surface area contributed by atoms with Crippen LogP contribution in [0.1, 0.15) is 37.3 Å². The third kappa shape index (κ3) is 3.85. The number of nitrogens with two attached hydrogens (primary N) is 1. The van der Waals surface area contributed by atoms with Crippen LogP contribution in [0.25, 0.3) is 0 Å². The summed E-state index contributed by atoms with van der Waals surface area (Å²) < 4.78 is 5.02. The standard InChI is InChI=1S/C12H21N3O2/c1-7(2)5-11(13)12(16)14-6-10-8(3)15-17-9(10)4/h7,11H,5-6,13H2,1-4H3,(H,14,16)/t11-/m0/s1. The molecule has 1 rings (SSSR count). The van der Waals surface area contributed by atoms with Crippen molar-refractivity contribution in [1.82, 2.24) is 10.5 Å². The van der Waals surface area contributed by atoms with E-state index in [-0.39, 0.29) is 5.91 Å². The zero-order valence-electron chi connectivity index (χ0n) is 10.9. The highest BCUT2D eigenvalue weighted by Crippen LogP contribution is 2.11. The summed E-state index contributed by atoms with van der Waals surface area (Å²) in [6.45, 7) is 8.19. The molecule has 5 nitrogen and oxygen atoms in total. The molecule has 1 heterocycles. The molecule has 0 bridgehead atoms. The summed E-state index contributed by atoms with van der Waals surface area (Å²) in [6.07, 6.45) is 0.688. The van der Waals surface area contributed by atoms with Crippen molar-refractivity contribution >= 4 is 5.91 Å². The molecule has 1 amide bonds. The molecule has 1 aromatic heterocycles. The zero-order chi connectivity index (χ0) is 13.0. The first-order valence-corrected chi connectivity index (χ1v) is 5.86. The molecule has 1 aromatic rings. The van der Waals surface area contributed by atoms with E-state index >= 15 is 0 Å². The second kappa shape index (κ2) is 5.82. The minimum atomic E-state index is -0.449. The van der Waals surface area contributed by atoms with Crippen LogP contribution in [-0.2, 0) is 11.3 Å². The van der Waals surface area contributed by atoms with Crippen LogP contribution in [0.2, 0.25) is 0 Å². The van der Waals surface area contributed by atoms with Gasteiger partial charge >= 0.3 is 0 Å². The largest absolute Gasteiger partial charge is 0.361 e. The number of carbonyl (C=O) groups is 1. The first kappa shape index (κ1) is 13.7. The molecule has 0 fully saturated rings. The fraction of sp³-hybridized carbons (Fsp3) is 0.667. The minimum absolute atomic E-state index is 0.126. The Balaban J connectivity index is 2.48. The van der Waals surface area contributed by atoms with Crippen molar-refractivity contribution in [3.8, 4) is 0 Å². The van der Waals surface area contributed by atoms with Crippen molar-refractivity contribution < 1.29 is 9.32 Å². The van der Waals surface area contributed by atoms with E-state index in [0.717, 1.165) is 17.0 Å². The van der Waals surface area contributed by atoms with Gasteiger partial charge in [0.15, 0.2) is 0 Å². The van der Waals surface area contributed by atoms with E-state index in [1.165, 1.54) is 0 Å². The SMILES string of the molecule is Cc1noc(C)c1CNC(=O)[C@@H](N)CC(C)C. The highest BCUT2D eigenvalue weighted by molar-refractivity contribution is 5.81. The Morgan fingerprint density at radius 3 is 2.59 bits per heavy atom. The molecule has 3 N–H and O–H groups in total. The molecule has 17 heavy (non-hydrogen) atoms. The summed E-state index contributed by atoms with van der Waals surface area (Å²) >= 11 is 0. The summed E-state index contributed by atoms with van der Waals surface area (Å²) in [5.74, 6) is 1.02. The maximum absolute atomic E-state index is 11.7. The Bertz CT molecular complexity index is 366. The van der Waals surface area contributed by atoms with Gasteiger partial charge in [0.05, 0.1) is 11.7 Å². The molecule has 0 radical (unpaired) electrons. The third-order valence-electron chi connectivity index (χ3n) is 2.68. The second-order valence-electron chi connectivity index (χ2n) is 4.76. The topological polar surface area (TPSA) is 81.2 Å². The summed E-state index contributed by atoms with van der Waals surface area (Å²) in [5, 5.41) is 6.64. The van der Waals surface area contributed by atoms with Gasteiger partial charge in [-0.05, 0) is 26.2 Å². The molecule has 0 aromatic carbocycles. The Kier molecular flexibility index (Phi) is 4.69.